The average Bonchev–Trinajstić information content (AvgIpc) is 2.81. The summed E-state index contributed by atoms with van der Waals surface area (Å²) in [5, 5.41) is 15.5. The van der Waals surface area contributed by atoms with Crippen molar-refractivity contribution in [3.63, 3.8) is 0 Å². The van der Waals surface area contributed by atoms with E-state index in [0.29, 0.717) is 21.9 Å². The normalized spacial score (nSPS) is 18.2. The van der Waals surface area contributed by atoms with Crippen LogP contribution >= 0.6 is 27.7 Å². The van der Waals surface area contributed by atoms with Crippen molar-refractivity contribution in [2.45, 2.75) is 11.7 Å². The van der Waals surface area contributed by atoms with Gasteiger partial charge in [-0.2, -0.15) is 5.26 Å². The van der Waals surface area contributed by atoms with E-state index < -0.39 is 23.7 Å². The lowest BCUT2D eigenvalue weighted by molar-refractivity contribution is -0.150. The van der Waals surface area contributed by atoms with Crippen LogP contribution in [-0.2, 0) is 20.1 Å². The number of allylic oxidation sites excluding steroid dienone is 1. The van der Waals surface area contributed by atoms with E-state index in [-0.39, 0.29) is 0 Å². The third kappa shape index (κ3) is 4.43. The fraction of sp³-hybridized carbons (Fsp3) is 0.160. The molecular weight excluding hydrogens is 488 g/mol. The lowest BCUT2D eigenvalue weighted by atomic mass is 9.78. The predicted octanol–water partition coefficient (Wildman–Crippen LogP) is 5.27. The predicted molar refractivity (Wildman–Crippen MR) is 128 cm³/mol. The second-order valence-corrected chi connectivity index (χ2v) is 9.25. The van der Waals surface area contributed by atoms with Gasteiger partial charge in [0.2, 0.25) is 5.91 Å². The maximum Gasteiger partial charge on any atom is 0.319 e. The first-order valence-corrected chi connectivity index (χ1v) is 11.7. The second-order valence-electron chi connectivity index (χ2n) is 7.35. The molecule has 0 unspecified atom stereocenters. The molecule has 0 bridgehead atoms. The molecule has 0 saturated carbocycles. The molecule has 0 aliphatic carbocycles. The quantitative estimate of drug-likeness (QED) is 0.376. The Morgan fingerprint density at radius 1 is 1.12 bits per heavy atom. The van der Waals surface area contributed by atoms with Crippen LogP contribution in [-0.4, -0.2) is 19.0 Å². The highest BCUT2D eigenvalue weighted by atomic mass is 79.9. The van der Waals surface area contributed by atoms with Gasteiger partial charge in [-0.15, -0.1) is 11.8 Å². The van der Waals surface area contributed by atoms with Gasteiger partial charge in [0.15, 0.2) is 0 Å². The van der Waals surface area contributed by atoms with E-state index in [2.05, 4.69) is 51.6 Å². The molecule has 0 spiro atoms. The molecule has 0 aromatic heterocycles. The topological polar surface area (TPSA) is 79.2 Å². The Bertz CT molecular complexity index is 1280. The number of carbonyl (C=O) groups excluding carboxylic acids is 2. The van der Waals surface area contributed by atoms with Crippen molar-refractivity contribution in [1.82, 2.24) is 5.32 Å². The number of carbonyl (C=O) groups is 2. The van der Waals surface area contributed by atoms with Crippen molar-refractivity contribution in [3.05, 3.63) is 92.9 Å². The van der Waals surface area contributed by atoms with E-state index in [4.69, 9.17) is 4.74 Å². The number of amides is 1. The van der Waals surface area contributed by atoms with E-state index in [9.17, 15) is 14.9 Å². The Morgan fingerprint density at radius 3 is 2.62 bits per heavy atom. The minimum atomic E-state index is -1.13. The fourth-order valence-corrected chi connectivity index (χ4v) is 5.27. The van der Waals surface area contributed by atoms with E-state index in [1.54, 1.807) is 0 Å². The molecule has 4 rings (SSSR count). The molecule has 3 aromatic carbocycles. The summed E-state index contributed by atoms with van der Waals surface area (Å²) in [7, 11) is 1.24. The Balaban J connectivity index is 1.71. The second kappa shape index (κ2) is 9.60. The summed E-state index contributed by atoms with van der Waals surface area (Å²) in [6.07, 6.45) is 0. The largest absolute Gasteiger partial charge is 0.468 e. The molecule has 0 saturated heterocycles. The van der Waals surface area contributed by atoms with E-state index >= 15 is 0 Å². The highest BCUT2D eigenvalue weighted by molar-refractivity contribution is 9.10. The summed E-state index contributed by atoms with van der Waals surface area (Å²) in [5.41, 5.74) is 2.12. The van der Waals surface area contributed by atoms with Gasteiger partial charge in [0.1, 0.15) is 5.92 Å². The minimum Gasteiger partial charge on any atom is -0.468 e. The van der Waals surface area contributed by atoms with Crippen LogP contribution in [0.1, 0.15) is 17.0 Å². The van der Waals surface area contributed by atoms with Gasteiger partial charge in [0.25, 0.3) is 0 Å². The van der Waals surface area contributed by atoms with Gasteiger partial charge in [0.05, 0.1) is 23.8 Å². The fourth-order valence-electron chi connectivity index (χ4n) is 3.86. The lowest BCUT2D eigenvalue weighted by Gasteiger charge is -2.31. The van der Waals surface area contributed by atoms with E-state index in [0.717, 1.165) is 20.8 Å². The van der Waals surface area contributed by atoms with Crippen LogP contribution in [0.5, 0.6) is 0 Å². The summed E-state index contributed by atoms with van der Waals surface area (Å²) in [5.74, 6) is -2.42. The van der Waals surface area contributed by atoms with Crippen LogP contribution in [0.2, 0.25) is 0 Å². The zero-order valence-electron chi connectivity index (χ0n) is 17.2. The molecule has 1 heterocycles. The summed E-state index contributed by atoms with van der Waals surface area (Å²) < 4.78 is 5.69. The molecule has 160 valence electrons. The number of methoxy groups -OCH3 is 1. The number of rotatable bonds is 5. The molecule has 32 heavy (non-hydrogen) atoms. The number of nitrogens with one attached hydrogen (secondary N) is 1. The number of hydrogen-bond acceptors (Lipinski definition) is 5. The molecule has 2 atom stereocenters. The zero-order valence-corrected chi connectivity index (χ0v) is 19.6. The molecule has 1 aliphatic heterocycles. The summed E-state index contributed by atoms with van der Waals surface area (Å²) in [4.78, 5) is 25.4. The van der Waals surface area contributed by atoms with Crippen molar-refractivity contribution >= 4 is 50.3 Å². The molecule has 7 heteroatoms. The molecule has 1 N–H and O–H groups in total. The smallest absolute Gasteiger partial charge is 0.319 e. The van der Waals surface area contributed by atoms with Crippen LogP contribution in [0.15, 0.2) is 81.8 Å². The minimum absolute atomic E-state index is 0.351. The first-order chi connectivity index (χ1) is 15.5. The number of hydrogen-bond donors (Lipinski definition) is 1. The SMILES string of the molecule is COC(=O)[C@@H]1C(=O)NC(SCc2ccc3ccccc3c2)=C(C#N)[C@@H]1c1cccc(Br)c1. The van der Waals surface area contributed by atoms with Gasteiger partial charge in [-0.25, -0.2) is 0 Å². The Hall–Kier alpha value is -3.08. The lowest BCUT2D eigenvalue weighted by Crippen LogP contribution is -2.44. The van der Waals surface area contributed by atoms with E-state index in [1.165, 1.54) is 18.9 Å². The number of thioether (sulfide) groups is 1. The Kier molecular flexibility index (Phi) is 6.63. The molecule has 0 radical (unpaired) electrons. The highest BCUT2D eigenvalue weighted by Crippen LogP contribution is 2.41. The zero-order chi connectivity index (χ0) is 22.7. The van der Waals surface area contributed by atoms with Gasteiger partial charge < -0.3 is 10.1 Å². The van der Waals surface area contributed by atoms with Crippen molar-refractivity contribution < 1.29 is 14.3 Å². The van der Waals surface area contributed by atoms with Gasteiger partial charge in [-0.05, 0) is 34.0 Å². The molecule has 5 nitrogen and oxygen atoms in total. The van der Waals surface area contributed by atoms with Crippen LogP contribution in [0.3, 0.4) is 0 Å². The van der Waals surface area contributed by atoms with Crippen LogP contribution < -0.4 is 5.32 Å². The summed E-state index contributed by atoms with van der Waals surface area (Å²) in [6.45, 7) is 0. The standard InChI is InChI=1S/C25H19BrN2O3S/c1-31-25(30)22-21(18-7-4-8-19(26)12-18)20(13-27)24(28-23(22)29)32-14-15-9-10-16-5-2-3-6-17(16)11-15/h2-12,21-22H,14H2,1H3,(H,28,29)/t21-,22-/m0/s1. The third-order valence-corrected chi connectivity index (χ3v) is 6.97. The molecule has 3 aromatic rings. The Labute approximate surface area is 198 Å². The monoisotopic (exact) mass is 506 g/mol. The number of halogens is 1. The highest BCUT2D eigenvalue weighted by Gasteiger charge is 2.44. The van der Waals surface area contributed by atoms with E-state index in [1.807, 2.05) is 42.5 Å². The van der Waals surface area contributed by atoms with Gasteiger partial charge in [-0.3, -0.25) is 9.59 Å². The number of fused-ring (bicyclic) bond motifs is 1. The average molecular weight is 507 g/mol. The Morgan fingerprint density at radius 2 is 1.91 bits per heavy atom. The van der Waals surface area contributed by atoms with Gasteiger partial charge in [0, 0.05) is 16.1 Å². The third-order valence-electron chi connectivity index (χ3n) is 5.39. The van der Waals surface area contributed by atoms with Crippen LogP contribution in [0, 0.1) is 17.2 Å². The van der Waals surface area contributed by atoms with Gasteiger partial charge in [-0.1, -0.05) is 70.5 Å². The van der Waals surface area contributed by atoms with Crippen molar-refractivity contribution in [1.29, 1.82) is 5.26 Å². The molecular formula is C25H19BrN2O3S. The summed E-state index contributed by atoms with van der Waals surface area (Å²) in [6, 6.07) is 23.8. The number of nitriles is 1. The van der Waals surface area contributed by atoms with Crippen molar-refractivity contribution in [2.75, 3.05) is 7.11 Å². The van der Waals surface area contributed by atoms with Crippen LogP contribution in [0.25, 0.3) is 10.8 Å². The molecule has 1 aliphatic rings. The number of nitrogens with zero attached hydrogens (tertiary/aromatic N) is 1. The maximum atomic E-state index is 12.9. The first kappa shape index (κ1) is 22.1. The molecule has 1 amide bonds. The number of ether oxygens (including phenoxy) is 1. The molecule has 0 fully saturated rings. The first-order valence-electron chi connectivity index (χ1n) is 9.90. The van der Waals surface area contributed by atoms with Crippen molar-refractivity contribution in [3.8, 4) is 6.07 Å². The van der Waals surface area contributed by atoms with Crippen molar-refractivity contribution in [2.24, 2.45) is 5.92 Å². The number of benzene rings is 3. The van der Waals surface area contributed by atoms with Crippen LogP contribution in [0.4, 0.5) is 0 Å². The maximum absolute atomic E-state index is 12.9. The summed E-state index contributed by atoms with van der Waals surface area (Å²) >= 11 is 4.82. The number of esters is 1. The van der Waals surface area contributed by atoms with Gasteiger partial charge >= 0.3 is 5.97 Å².